The summed E-state index contributed by atoms with van der Waals surface area (Å²) < 4.78 is 0. The van der Waals surface area contributed by atoms with Gasteiger partial charge in [0.05, 0.1) is 4.99 Å². The Hall–Kier alpha value is -0.640. The number of thiocarbonyl (C=S) groups is 1. The first-order valence-electron chi connectivity index (χ1n) is 3.13. The summed E-state index contributed by atoms with van der Waals surface area (Å²) in [6.45, 7) is 0. The highest BCUT2D eigenvalue weighted by Crippen LogP contribution is 1.98. The lowest BCUT2D eigenvalue weighted by Crippen LogP contribution is -2.07. The number of unbranched alkanes of at least 4 members (excludes halogenated alkanes) is 1. The van der Waals surface area contributed by atoms with E-state index in [1.807, 2.05) is 0 Å². The Morgan fingerprint density at radius 2 is 1.90 bits per heavy atom. The molecular formula is C6H11NO2S. The Morgan fingerprint density at radius 1 is 1.40 bits per heavy atom. The lowest BCUT2D eigenvalue weighted by molar-refractivity contribution is -0.137. The molecule has 4 heteroatoms. The molecule has 58 valence electrons. The lowest BCUT2D eigenvalue weighted by Gasteiger charge is -1.94. The second-order valence-corrected chi connectivity index (χ2v) is 2.59. The van der Waals surface area contributed by atoms with Gasteiger partial charge in [0.15, 0.2) is 0 Å². The van der Waals surface area contributed by atoms with Crippen LogP contribution in [0.15, 0.2) is 0 Å². The van der Waals surface area contributed by atoms with Gasteiger partial charge in [0, 0.05) is 6.42 Å². The molecule has 3 nitrogen and oxygen atoms in total. The van der Waals surface area contributed by atoms with E-state index in [0.717, 1.165) is 6.42 Å². The van der Waals surface area contributed by atoms with E-state index in [-0.39, 0.29) is 6.42 Å². The number of hydrogen-bond acceptors (Lipinski definition) is 2. The molecule has 0 aromatic rings. The van der Waals surface area contributed by atoms with E-state index in [1.54, 1.807) is 0 Å². The van der Waals surface area contributed by atoms with Crippen molar-refractivity contribution in [3.05, 3.63) is 0 Å². The summed E-state index contributed by atoms with van der Waals surface area (Å²) in [6, 6.07) is 0. The fourth-order valence-corrected chi connectivity index (χ4v) is 0.720. The second kappa shape index (κ2) is 5.17. The zero-order chi connectivity index (χ0) is 7.98. The van der Waals surface area contributed by atoms with Crippen LogP contribution in [0.5, 0.6) is 0 Å². The average Bonchev–Trinajstić information content (AvgIpc) is 1.79. The minimum atomic E-state index is -0.761. The van der Waals surface area contributed by atoms with E-state index < -0.39 is 5.97 Å². The zero-order valence-corrected chi connectivity index (χ0v) is 6.49. The van der Waals surface area contributed by atoms with Gasteiger partial charge < -0.3 is 10.8 Å². The van der Waals surface area contributed by atoms with Crippen LogP contribution in [0.3, 0.4) is 0 Å². The van der Waals surface area contributed by atoms with Crippen LogP contribution in [-0.2, 0) is 4.79 Å². The van der Waals surface area contributed by atoms with Gasteiger partial charge in [-0.2, -0.15) is 0 Å². The van der Waals surface area contributed by atoms with Crippen LogP contribution >= 0.6 is 12.2 Å². The van der Waals surface area contributed by atoms with Crippen LogP contribution < -0.4 is 5.73 Å². The molecular weight excluding hydrogens is 150 g/mol. The summed E-state index contributed by atoms with van der Waals surface area (Å²) in [5.74, 6) is -0.761. The summed E-state index contributed by atoms with van der Waals surface area (Å²) >= 11 is 4.60. The van der Waals surface area contributed by atoms with E-state index in [1.165, 1.54) is 0 Å². The van der Waals surface area contributed by atoms with E-state index in [0.29, 0.717) is 17.8 Å². The van der Waals surface area contributed by atoms with Gasteiger partial charge in [-0.25, -0.2) is 0 Å². The fraction of sp³-hybridized carbons (Fsp3) is 0.667. The SMILES string of the molecule is NC(=S)CCCCC(=O)O. The van der Waals surface area contributed by atoms with Crippen molar-refractivity contribution >= 4 is 23.2 Å². The molecule has 0 atom stereocenters. The Labute approximate surface area is 65.2 Å². The third-order valence-corrected chi connectivity index (χ3v) is 1.27. The summed E-state index contributed by atoms with van der Waals surface area (Å²) in [5, 5.41) is 8.21. The molecule has 0 amide bonds. The molecule has 0 rings (SSSR count). The lowest BCUT2D eigenvalue weighted by atomic mass is 10.2. The first-order valence-corrected chi connectivity index (χ1v) is 3.54. The van der Waals surface area contributed by atoms with Crippen LogP contribution in [0.1, 0.15) is 25.7 Å². The summed E-state index contributed by atoms with van der Waals surface area (Å²) in [5.41, 5.74) is 5.19. The smallest absolute Gasteiger partial charge is 0.303 e. The van der Waals surface area contributed by atoms with E-state index in [9.17, 15) is 4.79 Å². The predicted octanol–water partition coefficient (Wildman–Crippen LogP) is 0.918. The van der Waals surface area contributed by atoms with Crippen molar-refractivity contribution in [3.8, 4) is 0 Å². The summed E-state index contributed by atoms with van der Waals surface area (Å²) in [4.78, 5) is 10.4. The Bertz CT molecular complexity index is 120. The molecule has 0 fully saturated rings. The molecule has 3 N–H and O–H groups in total. The molecule has 0 saturated heterocycles. The molecule has 0 saturated carbocycles. The largest absolute Gasteiger partial charge is 0.481 e. The van der Waals surface area contributed by atoms with Crippen LogP contribution in [0, 0.1) is 0 Å². The molecule has 0 aliphatic heterocycles. The van der Waals surface area contributed by atoms with E-state index in [4.69, 9.17) is 10.8 Å². The highest BCUT2D eigenvalue weighted by molar-refractivity contribution is 7.80. The molecule has 10 heavy (non-hydrogen) atoms. The Kier molecular flexibility index (Phi) is 4.84. The van der Waals surface area contributed by atoms with Gasteiger partial charge in [-0.1, -0.05) is 12.2 Å². The Balaban J connectivity index is 3.06. The van der Waals surface area contributed by atoms with Gasteiger partial charge in [0.2, 0.25) is 0 Å². The number of carboxylic acids is 1. The van der Waals surface area contributed by atoms with Gasteiger partial charge in [-0.05, 0) is 19.3 Å². The molecule has 0 heterocycles. The quantitative estimate of drug-likeness (QED) is 0.465. The molecule has 0 spiro atoms. The number of hydrogen-bond donors (Lipinski definition) is 2. The molecule has 0 aromatic carbocycles. The third-order valence-electron chi connectivity index (χ3n) is 1.06. The maximum atomic E-state index is 9.98. The van der Waals surface area contributed by atoms with Gasteiger partial charge in [0.25, 0.3) is 0 Å². The highest BCUT2D eigenvalue weighted by atomic mass is 32.1. The van der Waals surface area contributed by atoms with Crippen LogP contribution in [0.4, 0.5) is 0 Å². The van der Waals surface area contributed by atoms with Gasteiger partial charge >= 0.3 is 5.97 Å². The number of nitrogens with two attached hydrogens (primary N) is 1. The summed E-state index contributed by atoms with van der Waals surface area (Å²) in [6.07, 6.45) is 2.31. The first-order chi connectivity index (χ1) is 4.63. The topological polar surface area (TPSA) is 63.3 Å². The van der Waals surface area contributed by atoms with Crippen molar-refractivity contribution in [1.82, 2.24) is 0 Å². The van der Waals surface area contributed by atoms with E-state index in [2.05, 4.69) is 12.2 Å². The zero-order valence-electron chi connectivity index (χ0n) is 5.67. The van der Waals surface area contributed by atoms with Gasteiger partial charge in [-0.15, -0.1) is 0 Å². The van der Waals surface area contributed by atoms with Crippen molar-refractivity contribution in [2.45, 2.75) is 25.7 Å². The molecule has 0 aliphatic rings. The molecule has 0 aromatic heterocycles. The first kappa shape index (κ1) is 9.36. The predicted molar refractivity (Wildman–Crippen MR) is 42.9 cm³/mol. The fourth-order valence-electron chi connectivity index (χ4n) is 0.575. The van der Waals surface area contributed by atoms with Crippen molar-refractivity contribution in [2.75, 3.05) is 0 Å². The number of carboxylic acid groups (broad SMARTS) is 1. The molecule has 0 bridgehead atoms. The molecule has 0 unspecified atom stereocenters. The standard InChI is InChI=1S/C6H11NO2S/c7-5(10)3-1-2-4-6(8)9/h1-4H2,(H2,7,10)(H,8,9). The molecule has 0 aliphatic carbocycles. The van der Waals surface area contributed by atoms with Crippen molar-refractivity contribution < 1.29 is 9.90 Å². The van der Waals surface area contributed by atoms with Crippen LogP contribution in [-0.4, -0.2) is 16.1 Å². The van der Waals surface area contributed by atoms with Crippen LogP contribution in [0.25, 0.3) is 0 Å². The van der Waals surface area contributed by atoms with Crippen LogP contribution in [0.2, 0.25) is 0 Å². The summed E-state index contributed by atoms with van der Waals surface area (Å²) in [7, 11) is 0. The third kappa shape index (κ3) is 7.36. The van der Waals surface area contributed by atoms with Crippen molar-refractivity contribution in [1.29, 1.82) is 0 Å². The highest BCUT2D eigenvalue weighted by Gasteiger charge is 1.96. The normalized spacial score (nSPS) is 9.20. The number of aliphatic carboxylic acids is 1. The minimum absolute atomic E-state index is 0.211. The van der Waals surface area contributed by atoms with Crippen molar-refractivity contribution in [2.24, 2.45) is 5.73 Å². The number of rotatable bonds is 5. The van der Waals surface area contributed by atoms with Crippen molar-refractivity contribution in [3.63, 3.8) is 0 Å². The maximum Gasteiger partial charge on any atom is 0.303 e. The average molecular weight is 161 g/mol. The minimum Gasteiger partial charge on any atom is -0.481 e. The monoisotopic (exact) mass is 161 g/mol. The van der Waals surface area contributed by atoms with Gasteiger partial charge in [0.1, 0.15) is 0 Å². The second-order valence-electron chi connectivity index (χ2n) is 2.07. The van der Waals surface area contributed by atoms with E-state index >= 15 is 0 Å². The Morgan fingerprint density at radius 3 is 2.30 bits per heavy atom. The maximum absolute atomic E-state index is 9.98. The number of carbonyl (C=O) groups is 1. The molecule has 0 radical (unpaired) electrons. The van der Waals surface area contributed by atoms with Gasteiger partial charge in [-0.3, -0.25) is 4.79 Å².